The van der Waals surface area contributed by atoms with Crippen molar-refractivity contribution in [3.8, 4) is 0 Å². The van der Waals surface area contributed by atoms with Crippen molar-refractivity contribution >= 4 is 40.9 Å². The SMILES string of the molecule is CC.CCC1CN(c2nc(NCc3ccc(F)c(F)c3)c(C(=O)OC)nc2C)CCN1C1CCN(C(=O)Cc2ccc(Cl)nc2N)CC1. The van der Waals surface area contributed by atoms with Gasteiger partial charge in [0.15, 0.2) is 29.0 Å². The number of esters is 1. The number of amides is 1. The molecule has 2 aliphatic rings. The summed E-state index contributed by atoms with van der Waals surface area (Å²) in [6.07, 6.45) is 2.87. The summed E-state index contributed by atoms with van der Waals surface area (Å²) < 4.78 is 32.1. The van der Waals surface area contributed by atoms with Crippen molar-refractivity contribution in [2.24, 2.45) is 0 Å². The summed E-state index contributed by atoms with van der Waals surface area (Å²) in [6.45, 7) is 11.7. The predicted molar refractivity (Wildman–Crippen MR) is 183 cm³/mol. The number of ether oxygens (including phenoxy) is 1. The van der Waals surface area contributed by atoms with Crippen molar-refractivity contribution in [1.29, 1.82) is 0 Å². The molecule has 2 fully saturated rings. The van der Waals surface area contributed by atoms with Gasteiger partial charge in [-0.2, -0.15) is 0 Å². The summed E-state index contributed by atoms with van der Waals surface area (Å²) in [6, 6.07) is 7.61. The number of carbonyl (C=O) groups excluding carboxylic acids is 2. The minimum absolute atomic E-state index is 0.0216. The second-order valence-corrected chi connectivity index (χ2v) is 12.0. The Labute approximate surface area is 285 Å². The first-order chi connectivity index (χ1) is 23.1. The van der Waals surface area contributed by atoms with E-state index in [9.17, 15) is 18.4 Å². The lowest BCUT2D eigenvalue weighted by atomic mass is 9.97. The quantitative estimate of drug-likeness (QED) is 0.227. The number of carbonyl (C=O) groups is 2. The number of rotatable bonds is 9. The number of piperazine rings is 1. The molecule has 0 radical (unpaired) electrons. The van der Waals surface area contributed by atoms with Crippen LogP contribution in [-0.4, -0.2) is 88.5 Å². The van der Waals surface area contributed by atoms with Crippen LogP contribution in [0.3, 0.4) is 0 Å². The summed E-state index contributed by atoms with van der Waals surface area (Å²) in [4.78, 5) is 45.6. The van der Waals surface area contributed by atoms with E-state index >= 15 is 0 Å². The Morgan fingerprint density at radius 2 is 1.77 bits per heavy atom. The zero-order valence-electron chi connectivity index (χ0n) is 28.2. The Morgan fingerprint density at radius 1 is 1.04 bits per heavy atom. The maximum Gasteiger partial charge on any atom is 0.360 e. The number of nitrogens with two attached hydrogens (primary N) is 1. The van der Waals surface area contributed by atoms with Crippen LogP contribution >= 0.6 is 11.6 Å². The number of nitrogens with one attached hydrogen (secondary N) is 1. The van der Waals surface area contributed by atoms with Gasteiger partial charge in [-0.25, -0.2) is 28.5 Å². The van der Waals surface area contributed by atoms with Gasteiger partial charge in [0.2, 0.25) is 5.91 Å². The standard InChI is InChI=1S/C32H39ClF2N8O3.C2H6/c1-4-22-18-42(13-14-43(22)23-9-11-41(12-10-23)27(44)16-21-6-8-26(33)39-29(21)36)31-19(2)38-28(32(45)46-3)30(40-31)37-17-20-5-7-24(34)25(35)15-20;1-2/h5-8,15,22-23H,4,9-14,16-18H2,1-3H3,(H2,36,39)(H,37,40);1-2H3. The highest BCUT2D eigenvalue weighted by Crippen LogP contribution is 2.29. The van der Waals surface area contributed by atoms with E-state index in [1.54, 1.807) is 12.1 Å². The number of piperidine rings is 1. The van der Waals surface area contributed by atoms with Gasteiger partial charge in [-0.3, -0.25) is 9.69 Å². The van der Waals surface area contributed by atoms with Crippen LogP contribution in [0.2, 0.25) is 5.15 Å². The first kappa shape index (κ1) is 36.7. The summed E-state index contributed by atoms with van der Waals surface area (Å²) in [5.41, 5.74) is 7.74. The summed E-state index contributed by atoms with van der Waals surface area (Å²) >= 11 is 5.90. The number of anilines is 3. The maximum absolute atomic E-state index is 13.8. The van der Waals surface area contributed by atoms with E-state index in [-0.39, 0.29) is 42.2 Å². The van der Waals surface area contributed by atoms with E-state index in [0.717, 1.165) is 37.9 Å². The molecule has 3 N–H and O–H groups in total. The van der Waals surface area contributed by atoms with Gasteiger partial charge in [0, 0.05) is 56.9 Å². The van der Waals surface area contributed by atoms with E-state index in [2.05, 4.69) is 32.0 Å². The van der Waals surface area contributed by atoms with Crippen molar-refractivity contribution < 1.29 is 23.1 Å². The minimum Gasteiger partial charge on any atom is -0.464 e. The number of methoxy groups -OCH3 is 1. The van der Waals surface area contributed by atoms with Gasteiger partial charge in [0.05, 0.1) is 19.2 Å². The molecule has 0 spiro atoms. The second kappa shape index (κ2) is 16.8. The molecule has 2 aromatic heterocycles. The Morgan fingerprint density at radius 3 is 2.42 bits per heavy atom. The highest BCUT2D eigenvalue weighted by Gasteiger charge is 2.35. The van der Waals surface area contributed by atoms with Crippen LogP contribution in [0.4, 0.5) is 26.2 Å². The van der Waals surface area contributed by atoms with Gasteiger partial charge in [-0.05, 0) is 49.9 Å². The number of nitrogen functional groups attached to an aromatic ring is 1. The number of aryl methyl sites for hydroxylation is 1. The van der Waals surface area contributed by atoms with Crippen molar-refractivity contribution in [3.05, 3.63) is 69.6 Å². The normalized spacial score (nSPS) is 17.0. The molecule has 0 aliphatic carbocycles. The van der Waals surface area contributed by atoms with E-state index in [1.807, 2.05) is 25.7 Å². The first-order valence-electron chi connectivity index (χ1n) is 16.4. The summed E-state index contributed by atoms with van der Waals surface area (Å²) in [5.74, 6) is -1.36. The molecule has 2 aliphatic heterocycles. The van der Waals surface area contributed by atoms with Crippen LogP contribution in [-0.2, 0) is 22.5 Å². The molecule has 11 nitrogen and oxygen atoms in total. The first-order valence-corrected chi connectivity index (χ1v) is 16.8. The fraction of sp³-hybridized carbons (Fsp3) is 0.500. The molecule has 2 saturated heterocycles. The van der Waals surface area contributed by atoms with E-state index in [1.165, 1.54) is 13.2 Å². The number of likely N-dealkylation sites (tertiary alicyclic amines) is 1. The van der Waals surface area contributed by atoms with Crippen LogP contribution in [0.1, 0.15) is 67.3 Å². The van der Waals surface area contributed by atoms with Crippen LogP contribution in [0, 0.1) is 18.6 Å². The smallest absolute Gasteiger partial charge is 0.360 e. The molecule has 260 valence electrons. The number of nitrogens with zero attached hydrogens (tertiary/aromatic N) is 6. The third-order valence-corrected chi connectivity index (χ3v) is 8.98. The van der Waals surface area contributed by atoms with Crippen molar-refractivity contribution in [2.75, 3.05) is 55.8 Å². The molecule has 0 bridgehead atoms. The number of aromatic nitrogens is 3. The largest absolute Gasteiger partial charge is 0.464 e. The minimum atomic E-state index is -0.954. The Bertz CT molecular complexity index is 1590. The highest BCUT2D eigenvalue weighted by molar-refractivity contribution is 6.29. The highest BCUT2D eigenvalue weighted by atomic mass is 35.5. The molecular weight excluding hydrogens is 642 g/mol. The molecule has 0 saturated carbocycles. The van der Waals surface area contributed by atoms with Gasteiger partial charge >= 0.3 is 5.97 Å². The van der Waals surface area contributed by atoms with Gasteiger partial charge in [-0.1, -0.05) is 44.5 Å². The summed E-state index contributed by atoms with van der Waals surface area (Å²) in [7, 11) is 1.27. The number of halogens is 3. The third-order valence-electron chi connectivity index (χ3n) is 8.77. The molecule has 48 heavy (non-hydrogen) atoms. The van der Waals surface area contributed by atoms with Crippen LogP contribution in [0.25, 0.3) is 0 Å². The Kier molecular flexibility index (Phi) is 12.9. The molecule has 1 atom stereocenters. The molecule has 1 unspecified atom stereocenters. The number of pyridine rings is 1. The average Bonchev–Trinajstić information content (AvgIpc) is 3.10. The van der Waals surface area contributed by atoms with E-state index < -0.39 is 17.6 Å². The number of benzene rings is 1. The monoisotopic (exact) mass is 686 g/mol. The van der Waals surface area contributed by atoms with Gasteiger partial charge in [0.1, 0.15) is 11.0 Å². The maximum atomic E-state index is 13.8. The van der Waals surface area contributed by atoms with Gasteiger partial charge in [0.25, 0.3) is 0 Å². The fourth-order valence-electron chi connectivity index (χ4n) is 6.26. The van der Waals surface area contributed by atoms with E-state index in [0.29, 0.717) is 60.0 Å². The lowest BCUT2D eigenvalue weighted by Gasteiger charge is -2.47. The third kappa shape index (κ3) is 8.67. The molecule has 5 rings (SSSR count). The van der Waals surface area contributed by atoms with Crippen molar-refractivity contribution in [1.82, 2.24) is 24.8 Å². The Balaban J connectivity index is 0.00000255. The van der Waals surface area contributed by atoms with Crippen LogP contribution in [0.5, 0.6) is 0 Å². The molecule has 4 heterocycles. The zero-order valence-corrected chi connectivity index (χ0v) is 29.0. The topological polar surface area (TPSA) is 130 Å². The van der Waals surface area contributed by atoms with Crippen LogP contribution < -0.4 is 16.0 Å². The molecule has 3 aromatic rings. The average molecular weight is 687 g/mol. The second-order valence-electron chi connectivity index (χ2n) is 11.6. The molecule has 1 aromatic carbocycles. The fourth-order valence-corrected chi connectivity index (χ4v) is 6.42. The Hall–Kier alpha value is -4.10. The summed E-state index contributed by atoms with van der Waals surface area (Å²) in [5, 5.41) is 3.37. The van der Waals surface area contributed by atoms with Crippen molar-refractivity contribution in [2.45, 2.75) is 72.0 Å². The lowest BCUT2D eigenvalue weighted by molar-refractivity contribution is -0.132. The molecular formula is C34H45ClF2N8O3. The number of hydrogen-bond acceptors (Lipinski definition) is 10. The van der Waals surface area contributed by atoms with E-state index in [4.69, 9.17) is 27.1 Å². The lowest BCUT2D eigenvalue weighted by Crippen LogP contribution is -2.59. The molecule has 14 heteroatoms. The predicted octanol–water partition coefficient (Wildman–Crippen LogP) is 5.25. The molecule has 1 amide bonds. The van der Waals surface area contributed by atoms with Gasteiger partial charge in [-0.15, -0.1) is 0 Å². The number of hydrogen-bond donors (Lipinski definition) is 2. The van der Waals surface area contributed by atoms with Crippen LogP contribution in [0.15, 0.2) is 30.3 Å². The zero-order chi connectivity index (χ0) is 35.0. The van der Waals surface area contributed by atoms with Gasteiger partial charge < -0.3 is 25.6 Å². The van der Waals surface area contributed by atoms with Crippen molar-refractivity contribution in [3.63, 3.8) is 0 Å².